The first-order chi connectivity index (χ1) is 8.88. The van der Waals surface area contributed by atoms with Gasteiger partial charge >= 0.3 is 0 Å². The van der Waals surface area contributed by atoms with Gasteiger partial charge in [-0.15, -0.1) is 0 Å². The zero-order chi connectivity index (χ0) is 14.6. The first-order valence-electron chi connectivity index (χ1n) is 6.15. The molecule has 1 heterocycles. The Morgan fingerprint density at radius 2 is 2.26 bits per heavy atom. The Bertz CT molecular complexity index is 490. The van der Waals surface area contributed by atoms with Crippen molar-refractivity contribution in [1.29, 1.82) is 0 Å². The van der Waals surface area contributed by atoms with Gasteiger partial charge in [-0.3, -0.25) is 4.79 Å². The van der Waals surface area contributed by atoms with E-state index in [1.165, 1.54) is 0 Å². The highest BCUT2D eigenvalue weighted by Gasteiger charge is 2.19. The van der Waals surface area contributed by atoms with E-state index in [1.54, 1.807) is 25.1 Å². The molecule has 0 saturated heterocycles. The van der Waals surface area contributed by atoms with Crippen LogP contribution in [0.25, 0.3) is 0 Å². The van der Waals surface area contributed by atoms with Crippen molar-refractivity contribution in [2.45, 2.75) is 26.8 Å². The molecule has 1 amide bonds. The van der Waals surface area contributed by atoms with Crippen molar-refractivity contribution in [3.05, 3.63) is 23.4 Å². The zero-order valence-corrected chi connectivity index (χ0v) is 12.5. The lowest BCUT2D eigenvalue weighted by Gasteiger charge is -2.22. The fourth-order valence-electron chi connectivity index (χ4n) is 1.73. The molecule has 0 aromatic carbocycles. The van der Waals surface area contributed by atoms with Crippen LogP contribution in [0.3, 0.4) is 0 Å². The Balaban J connectivity index is 2.97. The van der Waals surface area contributed by atoms with Crippen molar-refractivity contribution in [1.82, 2.24) is 9.88 Å². The summed E-state index contributed by atoms with van der Waals surface area (Å²) >= 11 is 5.03. The number of likely N-dealkylation sites (N-methyl/N-ethyl adjacent to an activating group) is 1. The molecule has 0 aliphatic heterocycles. The molecule has 0 radical (unpaired) electrons. The van der Waals surface area contributed by atoms with Gasteiger partial charge < -0.3 is 16.0 Å². The van der Waals surface area contributed by atoms with Crippen LogP contribution in [-0.4, -0.2) is 40.4 Å². The van der Waals surface area contributed by atoms with Gasteiger partial charge in [0.2, 0.25) is 5.91 Å². The average molecular weight is 280 g/mol. The van der Waals surface area contributed by atoms with E-state index in [0.717, 1.165) is 5.56 Å². The molecule has 0 saturated carbocycles. The topological polar surface area (TPSA) is 71.2 Å². The average Bonchev–Trinajstić information content (AvgIpc) is 2.36. The minimum Gasteiger partial charge on any atom is -0.389 e. The van der Waals surface area contributed by atoms with Crippen molar-refractivity contribution < 1.29 is 4.79 Å². The number of hydrogen-bond donors (Lipinski definition) is 2. The van der Waals surface area contributed by atoms with Gasteiger partial charge in [-0.25, -0.2) is 4.98 Å². The zero-order valence-electron chi connectivity index (χ0n) is 11.7. The van der Waals surface area contributed by atoms with E-state index in [0.29, 0.717) is 17.9 Å². The number of nitrogens with one attached hydrogen (secondary N) is 1. The molecule has 6 heteroatoms. The van der Waals surface area contributed by atoms with Crippen LogP contribution >= 0.6 is 12.2 Å². The fourth-order valence-corrected chi connectivity index (χ4v) is 1.99. The van der Waals surface area contributed by atoms with Gasteiger partial charge in [0.15, 0.2) is 0 Å². The number of pyridine rings is 1. The van der Waals surface area contributed by atoms with E-state index in [9.17, 15) is 4.79 Å². The van der Waals surface area contributed by atoms with E-state index in [2.05, 4.69) is 10.3 Å². The quantitative estimate of drug-likeness (QED) is 0.796. The number of carbonyl (C=O) groups is 1. The SMILES string of the molecule is CCN(C)C(=O)C(C)Nc1nccc(C)c1C(N)=S. The molecule has 0 aliphatic rings. The van der Waals surface area contributed by atoms with Crippen LogP contribution in [0.2, 0.25) is 0 Å². The summed E-state index contributed by atoms with van der Waals surface area (Å²) in [5.74, 6) is 0.553. The molecule has 104 valence electrons. The number of amides is 1. The second-order valence-corrected chi connectivity index (χ2v) is 4.87. The number of rotatable bonds is 5. The Morgan fingerprint density at radius 3 is 2.79 bits per heavy atom. The molecule has 19 heavy (non-hydrogen) atoms. The summed E-state index contributed by atoms with van der Waals surface area (Å²) in [6.07, 6.45) is 1.67. The number of nitrogens with two attached hydrogens (primary N) is 1. The molecule has 1 rings (SSSR count). The molecular weight excluding hydrogens is 260 g/mol. The fraction of sp³-hybridized carbons (Fsp3) is 0.462. The molecule has 0 bridgehead atoms. The predicted octanol–water partition coefficient (Wildman–Crippen LogP) is 1.30. The highest BCUT2D eigenvalue weighted by molar-refractivity contribution is 7.80. The van der Waals surface area contributed by atoms with Crippen molar-refractivity contribution in [2.24, 2.45) is 5.73 Å². The van der Waals surface area contributed by atoms with E-state index in [-0.39, 0.29) is 16.9 Å². The number of carbonyl (C=O) groups excluding carboxylic acids is 1. The van der Waals surface area contributed by atoms with Crippen LogP contribution < -0.4 is 11.1 Å². The van der Waals surface area contributed by atoms with Crippen LogP contribution in [-0.2, 0) is 4.79 Å². The Labute approximate surface area is 119 Å². The van der Waals surface area contributed by atoms with Gasteiger partial charge in [0.25, 0.3) is 0 Å². The van der Waals surface area contributed by atoms with Crippen molar-refractivity contribution in [3.8, 4) is 0 Å². The minimum atomic E-state index is -0.382. The molecule has 0 spiro atoms. The van der Waals surface area contributed by atoms with E-state index in [4.69, 9.17) is 18.0 Å². The molecular formula is C13H20N4OS. The summed E-state index contributed by atoms with van der Waals surface area (Å²) in [6, 6.07) is 1.46. The Morgan fingerprint density at radius 1 is 1.63 bits per heavy atom. The molecule has 1 aromatic heterocycles. The predicted molar refractivity (Wildman–Crippen MR) is 81.3 cm³/mol. The Hall–Kier alpha value is -1.69. The van der Waals surface area contributed by atoms with Crippen molar-refractivity contribution >= 4 is 28.9 Å². The van der Waals surface area contributed by atoms with Crippen LogP contribution in [0.5, 0.6) is 0 Å². The third kappa shape index (κ3) is 3.64. The molecule has 1 aromatic rings. The van der Waals surface area contributed by atoms with Gasteiger partial charge in [0.1, 0.15) is 16.8 Å². The lowest BCUT2D eigenvalue weighted by molar-refractivity contribution is -0.130. The third-order valence-corrected chi connectivity index (χ3v) is 3.18. The largest absolute Gasteiger partial charge is 0.389 e. The maximum Gasteiger partial charge on any atom is 0.244 e. The third-order valence-electron chi connectivity index (χ3n) is 2.98. The summed E-state index contributed by atoms with van der Waals surface area (Å²) < 4.78 is 0. The van der Waals surface area contributed by atoms with Gasteiger partial charge in [-0.2, -0.15) is 0 Å². The number of aromatic nitrogens is 1. The van der Waals surface area contributed by atoms with E-state index >= 15 is 0 Å². The first-order valence-corrected chi connectivity index (χ1v) is 6.56. The molecule has 3 N–H and O–H groups in total. The normalized spacial score (nSPS) is 11.8. The standard InChI is InChI=1S/C13H20N4OS/c1-5-17(4)13(18)9(3)16-12-10(11(14)19)8(2)6-7-15-12/h6-7,9H,5H2,1-4H3,(H2,14,19)(H,15,16). The number of thiocarbonyl (C=S) groups is 1. The number of anilines is 1. The summed E-state index contributed by atoms with van der Waals surface area (Å²) in [5.41, 5.74) is 7.34. The summed E-state index contributed by atoms with van der Waals surface area (Å²) in [7, 11) is 1.76. The van der Waals surface area contributed by atoms with Crippen LogP contribution in [0, 0.1) is 6.92 Å². The van der Waals surface area contributed by atoms with E-state index < -0.39 is 0 Å². The maximum atomic E-state index is 12.0. The monoisotopic (exact) mass is 280 g/mol. The van der Waals surface area contributed by atoms with Crippen molar-refractivity contribution in [2.75, 3.05) is 18.9 Å². The van der Waals surface area contributed by atoms with Gasteiger partial charge in [-0.05, 0) is 32.4 Å². The van der Waals surface area contributed by atoms with Crippen LogP contribution in [0.1, 0.15) is 25.0 Å². The number of nitrogens with zero attached hydrogens (tertiary/aromatic N) is 2. The smallest absolute Gasteiger partial charge is 0.244 e. The maximum absolute atomic E-state index is 12.0. The number of hydrogen-bond acceptors (Lipinski definition) is 4. The first kappa shape index (κ1) is 15.4. The minimum absolute atomic E-state index is 0.000282. The molecule has 0 aliphatic carbocycles. The highest BCUT2D eigenvalue weighted by atomic mass is 32.1. The second kappa shape index (κ2) is 6.47. The highest BCUT2D eigenvalue weighted by Crippen LogP contribution is 2.17. The summed E-state index contributed by atoms with van der Waals surface area (Å²) in [4.78, 5) is 18.2. The summed E-state index contributed by atoms with van der Waals surface area (Å²) in [5, 5.41) is 3.08. The lowest BCUT2D eigenvalue weighted by Crippen LogP contribution is -2.39. The molecule has 1 unspecified atom stereocenters. The van der Waals surface area contributed by atoms with Gasteiger partial charge in [0, 0.05) is 19.8 Å². The number of aryl methyl sites for hydroxylation is 1. The van der Waals surface area contributed by atoms with E-state index in [1.807, 2.05) is 19.9 Å². The van der Waals surface area contributed by atoms with Gasteiger partial charge in [0.05, 0.1) is 5.56 Å². The Kier molecular flexibility index (Phi) is 5.23. The van der Waals surface area contributed by atoms with Crippen LogP contribution in [0.4, 0.5) is 5.82 Å². The molecule has 0 fully saturated rings. The molecule has 1 atom stereocenters. The van der Waals surface area contributed by atoms with Crippen LogP contribution in [0.15, 0.2) is 12.3 Å². The van der Waals surface area contributed by atoms with Crippen molar-refractivity contribution in [3.63, 3.8) is 0 Å². The van der Waals surface area contributed by atoms with Gasteiger partial charge in [-0.1, -0.05) is 12.2 Å². The second-order valence-electron chi connectivity index (χ2n) is 4.43. The lowest BCUT2D eigenvalue weighted by atomic mass is 10.1. The summed E-state index contributed by atoms with van der Waals surface area (Å²) in [6.45, 7) is 6.29. The molecule has 5 nitrogen and oxygen atoms in total.